The lowest BCUT2D eigenvalue weighted by molar-refractivity contribution is -0.119. The van der Waals surface area contributed by atoms with Gasteiger partial charge in [0.15, 0.2) is 9.84 Å². The summed E-state index contributed by atoms with van der Waals surface area (Å²) in [5.74, 6) is -1.74. The van der Waals surface area contributed by atoms with Crippen LogP contribution in [0.25, 0.3) is 10.4 Å². The first kappa shape index (κ1) is 16.7. The van der Waals surface area contributed by atoms with Crippen LogP contribution in [-0.2, 0) is 14.6 Å². The molecule has 6 nitrogen and oxygen atoms in total. The highest BCUT2D eigenvalue weighted by molar-refractivity contribution is 7.91. The smallest absolute Gasteiger partial charge is 0.251 e. The Morgan fingerprint density at radius 1 is 1.21 bits per heavy atom. The molecule has 2 amide bonds. The first-order valence-electron chi connectivity index (χ1n) is 7.36. The van der Waals surface area contributed by atoms with Crippen LogP contribution >= 0.6 is 11.3 Å². The number of primary amides is 1. The van der Waals surface area contributed by atoms with E-state index in [0.29, 0.717) is 11.4 Å². The lowest BCUT2D eigenvalue weighted by Crippen LogP contribution is -2.24. The molecule has 3 rings (SSSR count). The highest BCUT2D eigenvalue weighted by Crippen LogP contribution is 2.35. The molecule has 0 bridgehead atoms. The van der Waals surface area contributed by atoms with E-state index in [2.05, 4.69) is 5.32 Å². The molecule has 1 unspecified atom stereocenters. The summed E-state index contributed by atoms with van der Waals surface area (Å²) in [5.41, 5.74) is 6.54. The Morgan fingerprint density at radius 3 is 2.50 bits per heavy atom. The van der Waals surface area contributed by atoms with Crippen LogP contribution in [0.3, 0.4) is 0 Å². The Labute approximate surface area is 143 Å². The normalized spacial score (nSPS) is 19.1. The Bertz CT molecular complexity index is 888. The summed E-state index contributed by atoms with van der Waals surface area (Å²) >= 11 is 1.25. The van der Waals surface area contributed by atoms with Gasteiger partial charge in [0.25, 0.3) is 5.91 Å². The van der Waals surface area contributed by atoms with Gasteiger partial charge in [0.05, 0.1) is 23.0 Å². The van der Waals surface area contributed by atoms with Crippen LogP contribution < -0.4 is 11.1 Å². The molecular formula is C16H16N2O4S2. The van der Waals surface area contributed by atoms with E-state index in [-0.39, 0.29) is 23.0 Å². The van der Waals surface area contributed by atoms with E-state index in [1.807, 2.05) is 30.3 Å². The van der Waals surface area contributed by atoms with E-state index in [0.717, 1.165) is 10.4 Å². The van der Waals surface area contributed by atoms with Gasteiger partial charge in [-0.25, -0.2) is 8.42 Å². The van der Waals surface area contributed by atoms with Crippen LogP contribution in [-0.4, -0.2) is 31.7 Å². The molecule has 1 aliphatic heterocycles. The van der Waals surface area contributed by atoms with Gasteiger partial charge in [-0.1, -0.05) is 30.3 Å². The van der Waals surface area contributed by atoms with Gasteiger partial charge in [-0.05, 0) is 18.1 Å². The molecule has 0 saturated carbocycles. The second kappa shape index (κ2) is 6.37. The topological polar surface area (TPSA) is 106 Å². The maximum atomic E-state index is 12.3. The van der Waals surface area contributed by atoms with Crippen molar-refractivity contribution in [3.8, 4) is 10.4 Å². The van der Waals surface area contributed by atoms with Crippen molar-refractivity contribution < 1.29 is 18.0 Å². The molecule has 0 spiro atoms. The van der Waals surface area contributed by atoms with Gasteiger partial charge in [0.1, 0.15) is 5.00 Å². The van der Waals surface area contributed by atoms with Crippen LogP contribution in [0, 0.1) is 5.92 Å². The Balaban J connectivity index is 1.86. The van der Waals surface area contributed by atoms with Crippen molar-refractivity contribution in [2.24, 2.45) is 11.7 Å². The number of rotatable bonds is 4. The standard InChI is InChI=1S/C16H16N2O4S2/c17-14(19)12-8-13(10-4-2-1-3-5-10)23-16(12)18-15(20)11-6-7-24(21,22)9-11/h1-5,8,11H,6-7,9H2,(H2,17,19)(H,18,20). The number of thiophene rings is 1. The van der Waals surface area contributed by atoms with Crippen LogP contribution in [0.2, 0.25) is 0 Å². The SMILES string of the molecule is NC(=O)c1cc(-c2ccccc2)sc1NC(=O)C1CCS(=O)(=O)C1. The fourth-order valence-corrected chi connectivity index (χ4v) is 5.44. The molecule has 0 aliphatic carbocycles. The van der Waals surface area contributed by atoms with E-state index in [9.17, 15) is 18.0 Å². The Hall–Kier alpha value is -2.19. The molecule has 3 N–H and O–H groups in total. The van der Waals surface area contributed by atoms with E-state index in [1.54, 1.807) is 6.07 Å². The molecule has 1 aromatic carbocycles. The largest absolute Gasteiger partial charge is 0.366 e. The van der Waals surface area contributed by atoms with Gasteiger partial charge in [0.2, 0.25) is 5.91 Å². The number of benzene rings is 1. The summed E-state index contributed by atoms with van der Waals surface area (Å²) in [6, 6.07) is 11.1. The van der Waals surface area contributed by atoms with Crippen LogP contribution in [0.1, 0.15) is 16.8 Å². The second-order valence-corrected chi connectivity index (χ2v) is 8.95. The number of sulfone groups is 1. The van der Waals surface area contributed by atoms with Crippen molar-refractivity contribution in [1.29, 1.82) is 0 Å². The number of carbonyl (C=O) groups is 2. The molecule has 1 aromatic heterocycles. The summed E-state index contributed by atoms with van der Waals surface area (Å²) in [5, 5.41) is 3.03. The van der Waals surface area contributed by atoms with E-state index in [1.165, 1.54) is 11.3 Å². The molecule has 2 aromatic rings. The van der Waals surface area contributed by atoms with Gasteiger partial charge in [-0.3, -0.25) is 9.59 Å². The lowest BCUT2D eigenvalue weighted by Gasteiger charge is -2.08. The zero-order chi connectivity index (χ0) is 17.3. The summed E-state index contributed by atoms with van der Waals surface area (Å²) in [7, 11) is -3.15. The number of amides is 2. The molecule has 0 radical (unpaired) electrons. The molecule has 1 saturated heterocycles. The number of nitrogens with two attached hydrogens (primary N) is 1. The number of carbonyl (C=O) groups excluding carboxylic acids is 2. The van der Waals surface area contributed by atoms with Gasteiger partial charge < -0.3 is 11.1 Å². The van der Waals surface area contributed by atoms with Crippen LogP contribution in [0.4, 0.5) is 5.00 Å². The fraction of sp³-hybridized carbons (Fsp3) is 0.250. The highest BCUT2D eigenvalue weighted by atomic mass is 32.2. The monoisotopic (exact) mass is 364 g/mol. The molecule has 2 heterocycles. The first-order chi connectivity index (χ1) is 11.4. The van der Waals surface area contributed by atoms with Gasteiger partial charge in [-0.15, -0.1) is 11.3 Å². The summed E-state index contributed by atoms with van der Waals surface area (Å²) in [4.78, 5) is 24.8. The fourth-order valence-electron chi connectivity index (χ4n) is 2.63. The number of hydrogen-bond acceptors (Lipinski definition) is 5. The van der Waals surface area contributed by atoms with Crippen molar-refractivity contribution in [2.45, 2.75) is 6.42 Å². The third-order valence-corrected chi connectivity index (χ3v) is 6.76. The predicted octanol–water partition coefficient (Wildman–Crippen LogP) is 1.89. The van der Waals surface area contributed by atoms with Crippen molar-refractivity contribution in [3.63, 3.8) is 0 Å². The Kier molecular flexibility index (Phi) is 4.42. The third-order valence-electron chi connectivity index (χ3n) is 3.90. The minimum atomic E-state index is -3.15. The van der Waals surface area contributed by atoms with Crippen LogP contribution in [0.15, 0.2) is 36.4 Å². The van der Waals surface area contributed by atoms with E-state index >= 15 is 0 Å². The molecular weight excluding hydrogens is 348 g/mol. The quantitative estimate of drug-likeness (QED) is 0.864. The second-order valence-electron chi connectivity index (χ2n) is 5.67. The Morgan fingerprint density at radius 2 is 1.92 bits per heavy atom. The maximum Gasteiger partial charge on any atom is 0.251 e. The zero-order valence-corrected chi connectivity index (χ0v) is 14.3. The van der Waals surface area contributed by atoms with E-state index in [4.69, 9.17) is 5.73 Å². The van der Waals surface area contributed by atoms with Crippen molar-refractivity contribution in [2.75, 3.05) is 16.8 Å². The summed E-state index contributed by atoms with van der Waals surface area (Å²) in [6.45, 7) is 0. The third kappa shape index (κ3) is 3.49. The van der Waals surface area contributed by atoms with Crippen molar-refractivity contribution in [3.05, 3.63) is 42.0 Å². The van der Waals surface area contributed by atoms with E-state index < -0.39 is 21.7 Å². The minimum absolute atomic E-state index is 0.0213. The lowest BCUT2D eigenvalue weighted by atomic mass is 10.1. The molecule has 1 aliphatic rings. The molecule has 8 heteroatoms. The molecule has 24 heavy (non-hydrogen) atoms. The first-order valence-corrected chi connectivity index (χ1v) is 10.00. The number of hydrogen-bond donors (Lipinski definition) is 2. The zero-order valence-electron chi connectivity index (χ0n) is 12.7. The number of nitrogens with one attached hydrogen (secondary N) is 1. The molecule has 1 atom stereocenters. The average Bonchev–Trinajstić information content (AvgIpc) is 3.11. The van der Waals surface area contributed by atoms with Crippen molar-refractivity contribution in [1.82, 2.24) is 0 Å². The number of anilines is 1. The average molecular weight is 364 g/mol. The predicted molar refractivity (Wildman–Crippen MR) is 93.7 cm³/mol. The van der Waals surface area contributed by atoms with Crippen molar-refractivity contribution >= 4 is 38.0 Å². The minimum Gasteiger partial charge on any atom is -0.366 e. The van der Waals surface area contributed by atoms with Gasteiger partial charge in [0, 0.05) is 4.88 Å². The highest BCUT2D eigenvalue weighted by Gasteiger charge is 2.33. The van der Waals surface area contributed by atoms with Crippen LogP contribution in [0.5, 0.6) is 0 Å². The summed E-state index contributed by atoms with van der Waals surface area (Å²) in [6.07, 6.45) is 0.303. The van der Waals surface area contributed by atoms with Gasteiger partial charge >= 0.3 is 0 Å². The van der Waals surface area contributed by atoms with Gasteiger partial charge in [-0.2, -0.15) is 0 Å². The molecule has 1 fully saturated rings. The molecule has 126 valence electrons. The summed E-state index contributed by atoms with van der Waals surface area (Å²) < 4.78 is 23.0. The maximum absolute atomic E-state index is 12.3.